The van der Waals surface area contributed by atoms with E-state index in [1.165, 1.54) is 32.1 Å². The highest BCUT2D eigenvalue weighted by Gasteiger charge is 2.13. The van der Waals surface area contributed by atoms with Crippen molar-refractivity contribution in [3.05, 3.63) is 0 Å². The Labute approximate surface area is 76.4 Å². The van der Waals surface area contributed by atoms with Gasteiger partial charge in [0.25, 0.3) is 0 Å². The van der Waals surface area contributed by atoms with Crippen LogP contribution in [0.15, 0.2) is 0 Å². The predicted octanol–water partition coefficient (Wildman–Crippen LogP) is 1.68. The largest absolute Gasteiger partial charge is 0.294 e. The zero-order valence-corrected chi connectivity index (χ0v) is 8.11. The van der Waals surface area contributed by atoms with E-state index in [9.17, 15) is 4.21 Å². The van der Waals surface area contributed by atoms with E-state index in [1.54, 1.807) is 0 Å². The molecule has 0 radical (unpaired) electrons. The Morgan fingerprint density at radius 3 is 2.67 bits per heavy atom. The second-order valence-electron chi connectivity index (χ2n) is 3.44. The van der Waals surface area contributed by atoms with Crippen LogP contribution in [-0.2, 0) is 11.3 Å². The van der Waals surface area contributed by atoms with E-state index < -0.39 is 11.3 Å². The molecule has 0 aromatic heterocycles. The summed E-state index contributed by atoms with van der Waals surface area (Å²) in [6.07, 6.45) is 7.72. The molecule has 72 valence electrons. The van der Waals surface area contributed by atoms with Crippen LogP contribution in [0.2, 0.25) is 0 Å². The molecule has 0 bridgehead atoms. The molecule has 1 fully saturated rings. The summed E-state index contributed by atoms with van der Waals surface area (Å²) in [5, 5.41) is 0. The molecular formula is C8H17NO2S. The summed E-state index contributed by atoms with van der Waals surface area (Å²) < 4.78 is 21.1. The third-order valence-electron chi connectivity index (χ3n) is 2.49. The lowest BCUT2D eigenvalue weighted by Crippen LogP contribution is -2.17. The number of rotatable bonds is 5. The maximum Gasteiger partial charge on any atom is 0.231 e. The van der Waals surface area contributed by atoms with Crippen molar-refractivity contribution in [1.29, 1.82) is 0 Å². The quantitative estimate of drug-likeness (QED) is 0.513. The lowest BCUT2D eigenvalue weighted by molar-refractivity contribution is 0.478. The Kier molecular flexibility index (Phi) is 4.80. The molecule has 2 N–H and O–H groups in total. The van der Waals surface area contributed by atoms with Gasteiger partial charge in [-0.25, -0.2) is 8.93 Å². The summed E-state index contributed by atoms with van der Waals surface area (Å²) >= 11 is -1.82. The molecule has 0 amide bonds. The molecule has 1 aliphatic carbocycles. The van der Waals surface area contributed by atoms with E-state index in [2.05, 4.69) is 4.72 Å². The summed E-state index contributed by atoms with van der Waals surface area (Å²) in [5.74, 6) is 0.888. The standard InChI is InChI=1S/C8H17NO2S/c10-12(11)9-7-3-6-8-4-1-2-5-8/h8-9H,1-7H2,(H,10,11). The van der Waals surface area contributed by atoms with Gasteiger partial charge < -0.3 is 0 Å². The zero-order chi connectivity index (χ0) is 8.81. The first-order chi connectivity index (χ1) is 5.79. The Morgan fingerprint density at radius 1 is 1.42 bits per heavy atom. The molecule has 3 nitrogen and oxygen atoms in total. The van der Waals surface area contributed by atoms with Gasteiger partial charge in [0.1, 0.15) is 0 Å². The second kappa shape index (κ2) is 5.67. The van der Waals surface area contributed by atoms with Gasteiger partial charge in [-0.3, -0.25) is 4.55 Å². The van der Waals surface area contributed by atoms with Gasteiger partial charge in [0.05, 0.1) is 0 Å². The summed E-state index contributed by atoms with van der Waals surface area (Å²) in [6, 6.07) is 0. The Hall–Kier alpha value is 0.0700. The lowest BCUT2D eigenvalue weighted by Gasteiger charge is -2.07. The highest BCUT2D eigenvalue weighted by Crippen LogP contribution is 2.28. The minimum atomic E-state index is -1.82. The fourth-order valence-electron chi connectivity index (χ4n) is 1.85. The molecule has 0 aliphatic heterocycles. The van der Waals surface area contributed by atoms with E-state index in [0.717, 1.165) is 12.3 Å². The average Bonchev–Trinajstić information content (AvgIpc) is 2.49. The van der Waals surface area contributed by atoms with Gasteiger partial charge in [-0.2, -0.15) is 0 Å². The molecule has 0 spiro atoms. The highest BCUT2D eigenvalue weighted by atomic mass is 32.2. The minimum Gasteiger partial charge on any atom is -0.294 e. The van der Waals surface area contributed by atoms with E-state index in [4.69, 9.17) is 4.55 Å². The lowest BCUT2D eigenvalue weighted by atomic mass is 10.0. The second-order valence-corrected chi connectivity index (χ2v) is 4.22. The maximum atomic E-state index is 10.2. The average molecular weight is 191 g/mol. The smallest absolute Gasteiger partial charge is 0.231 e. The SMILES string of the molecule is O=S(O)NCCCC1CCCC1. The third kappa shape index (κ3) is 4.18. The fraction of sp³-hybridized carbons (Fsp3) is 1.00. The van der Waals surface area contributed by atoms with Gasteiger partial charge in [-0.15, -0.1) is 0 Å². The van der Waals surface area contributed by atoms with Gasteiger partial charge in [0, 0.05) is 6.54 Å². The van der Waals surface area contributed by atoms with E-state index >= 15 is 0 Å². The minimum absolute atomic E-state index is 0.666. The van der Waals surface area contributed by atoms with Crippen LogP contribution in [0, 0.1) is 5.92 Å². The molecule has 1 unspecified atom stereocenters. The van der Waals surface area contributed by atoms with Crippen LogP contribution in [0.25, 0.3) is 0 Å². The molecule has 0 saturated heterocycles. The summed E-state index contributed by atoms with van der Waals surface area (Å²) in [5.41, 5.74) is 0. The first-order valence-corrected chi connectivity index (χ1v) is 5.74. The van der Waals surface area contributed by atoms with Crippen molar-refractivity contribution in [3.8, 4) is 0 Å². The van der Waals surface area contributed by atoms with Crippen LogP contribution in [0.5, 0.6) is 0 Å². The van der Waals surface area contributed by atoms with Gasteiger partial charge in [0.15, 0.2) is 0 Å². The fourth-order valence-corrected chi connectivity index (χ4v) is 2.17. The zero-order valence-electron chi connectivity index (χ0n) is 7.29. The van der Waals surface area contributed by atoms with E-state index in [0.29, 0.717) is 6.54 Å². The molecule has 0 heterocycles. The van der Waals surface area contributed by atoms with Gasteiger partial charge in [-0.05, 0) is 18.8 Å². The molecular weight excluding hydrogens is 174 g/mol. The van der Waals surface area contributed by atoms with Crippen molar-refractivity contribution < 1.29 is 8.76 Å². The number of hydrogen-bond acceptors (Lipinski definition) is 1. The molecule has 4 heteroatoms. The van der Waals surface area contributed by atoms with Crippen molar-refractivity contribution in [2.24, 2.45) is 5.92 Å². The van der Waals surface area contributed by atoms with Crippen molar-refractivity contribution in [3.63, 3.8) is 0 Å². The van der Waals surface area contributed by atoms with Gasteiger partial charge in [0.2, 0.25) is 11.3 Å². The van der Waals surface area contributed by atoms with Crippen LogP contribution in [0.3, 0.4) is 0 Å². The summed E-state index contributed by atoms with van der Waals surface area (Å²) in [6.45, 7) is 0.666. The summed E-state index contributed by atoms with van der Waals surface area (Å²) in [7, 11) is 0. The number of nitrogens with one attached hydrogen (secondary N) is 1. The summed E-state index contributed by atoms with van der Waals surface area (Å²) in [4.78, 5) is 0. The van der Waals surface area contributed by atoms with Crippen LogP contribution in [0.4, 0.5) is 0 Å². The Bertz CT molecular complexity index is 146. The van der Waals surface area contributed by atoms with Crippen molar-refractivity contribution >= 4 is 11.3 Å². The van der Waals surface area contributed by atoms with Crippen LogP contribution in [-0.4, -0.2) is 15.3 Å². The number of hydrogen-bond donors (Lipinski definition) is 2. The molecule has 1 aliphatic rings. The monoisotopic (exact) mass is 191 g/mol. The third-order valence-corrected chi connectivity index (χ3v) is 2.94. The van der Waals surface area contributed by atoms with E-state index in [1.807, 2.05) is 0 Å². The molecule has 0 aromatic rings. The molecule has 1 atom stereocenters. The first kappa shape index (κ1) is 10.2. The highest BCUT2D eigenvalue weighted by molar-refractivity contribution is 7.77. The van der Waals surface area contributed by atoms with E-state index in [-0.39, 0.29) is 0 Å². The Balaban J connectivity index is 1.91. The molecule has 12 heavy (non-hydrogen) atoms. The molecule has 0 aromatic carbocycles. The van der Waals surface area contributed by atoms with Crippen LogP contribution in [0.1, 0.15) is 38.5 Å². The Morgan fingerprint density at radius 2 is 2.08 bits per heavy atom. The maximum absolute atomic E-state index is 10.2. The van der Waals surface area contributed by atoms with Crippen LogP contribution < -0.4 is 4.72 Å². The van der Waals surface area contributed by atoms with Crippen molar-refractivity contribution in [1.82, 2.24) is 4.72 Å². The van der Waals surface area contributed by atoms with Crippen molar-refractivity contribution in [2.75, 3.05) is 6.54 Å². The van der Waals surface area contributed by atoms with Gasteiger partial charge in [-0.1, -0.05) is 25.7 Å². The van der Waals surface area contributed by atoms with Crippen LogP contribution >= 0.6 is 0 Å². The topological polar surface area (TPSA) is 49.3 Å². The van der Waals surface area contributed by atoms with Gasteiger partial charge >= 0.3 is 0 Å². The molecule has 1 saturated carbocycles. The first-order valence-electron chi connectivity index (χ1n) is 4.63. The normalized spacial score (nSPS) is 21.4. The predicted molar refractivity (Wildman–Crippen MR) is 50.0 cm³/mol. The molecule has 1 rings (SSSR count). The van der Waals surface area contributed by atoms with Crippen molar-refractivity contribution in [2.45, 2.75) is 38.5 Å².